The predicted molar refractivity (Wildman–Crippen MR) is 66.9 cm³/mol. The second-order valence-electron chi connectivity index (χ2n) is 5.35. The average molecular weight is 240 g/mol. The Morgan fingerprint density at radius 3 is 2.53 bits per heavy atom. The van der Waals surface area contributed by atoms with E-state index in [1.807, 2.05) is 0 Å². The zero-order chi connectivity index (χ0) is 12.1. The Morgan fingerprint density at radius 1 is 1.24 bits per heavy atom. The fourth-order valence-electron chi connectivity index (χ4n) is 2.69. The van der Waals surface area contributed by atoms with Gasteiger partial charge in [-0.25, -0.2) is 0 Å². The lowest BCUT2D eigenvalue weighted by molar-refractivity contribution is -0.150. The van der Waals surface area contributed by atoms with Crippen LogP contribution in [-0.2, 0) is 9.53 Å². The van der Waals surface area contributed by atoms with E-state index in [0.717, 1.165) is 25.9 Å². The maximum atomic E-state index is 11.7. The number of rotatable bonds is 4. The van der Waals surface area contributed by atoms with E-state index in [2.05, 4.69) is 17.3 Å². The largest absolute Gasteiger partial charge is 0.461 e. The minimum Gasteiger partial charge on any atom is -0.461 e. The standard InChI is InChI=1S/C13H24N2O2/c1-15-8-6-12(7-9-15)17-13(16)10-14-11-4-2-3-5-11/h11-12,14H,2-10H2,1H3. The van der Waals surface area contributed by atoms with E-state index in [1.54, 1.807) is 0 Å². The quantitative estimate of drug-likeness (QED) is 0.749. The highest BCUT2D eigenvalue weighted by atomic mass is 16.5. The molecule has 4 heteroatoms. The molecule has 1 aliphatic carbocycles. The van der Waals surface area contributed by atoms with Crippen LogP contribution in [0.15, 0.2) is 0 Å². The van der Waals surface area contributed by atoms with Crippen LogP contribution in [0.2, 0.25) is 0 Å². The highest BCUT2D eigenvalue weighted by molar-refractivity contribution is 5.71. The third kappa shape index (κ3) is 4.28. The van der Waals surface area contributed by atoms with Crippen LogP contribution < -0.4 is 5.32 Å². The fourth-order valence-corrected chi connectivity index (χ4v) is 2.69. The zero-order valence-electron chi connectivity index (χ0n) is 10.8. The molecule has 0 atom stereocenters. The molecule has 0 aromatic rings. The van der Waals surface area contributed by atoms with Gasteiger partial charge in [0, 0.05) is 19.1 Å². The first-order chi connectivity index (χ1) is 8.24. The SMILES string of the molecule is CN1CCC(OC(=O)CNC2CCCC2)CC1. The lowest BCUT2D eigenvalue weighted by atomic mass is 10.1. The minimum atomic E-state index is -0.0774. The molecule has 17 heavy (non-hydrogen) atoms. The smallest absolute Gasteiger partial charge is 0.320 e. The van der Waals surface area contributed by atoms with Crippen molar-refractivity contribution < 1.29 is 9.53 Å². The molecule has 0 aromatic carbocycles. The molecule has 0 amide bonds. The molecule has 1 saturated carbocycles. The third-order valence-corrected chi connectivity index (χ3v) is 3.85. The number of nitrogens with zero attached hydrogens (tertiary/aromatic N) is 1. The van der Waals surface area contributed by atoms with Crippen molar-refractivity contribution in [2.75, 3.05) is 26.7 Å². The van der Waals surface area contributed by atoms with Crippen molar-refractivity contribution in [2.24, 2.45) is 0 Å². The summed E-state index contributed by atoms with van der Waals surface area (Å²) in [5.41, 5.74) is 0. The van der Waals surface area contributed by atoms with Crippen LogP contribution >= 0.6 is 0 Å². The van der Waals surface area contributed by atoms with Crippen molar-refractivity contribution in [2.45, 2.75) is 50.7 Å². The van der Waals surface area contributed by atoms with Crippen molar-refractivity contribution in [3.05, 3.63) is 0 Å². The third-order valence-electron chi connectivity index (χ3n) is 3.85. The summed E-state index contributed by atoms with van der Waals surface area (Å²) in [7, 11) is 2.11. The first-order valence-corrected chi connectivity index (χ1v) is 6.85. The lowest BCUT2D eigenvalue weighted by Gasteiger charge is -2.28. The van der Waals surface area contributed by atoms with Gasteiger partial charge in [0.1, 0.15) is 6.10 Å². The summed E-state index contributed by atoms with van der Waals surface area (Å²) in [5, 5.41) is 3.29. The number of carbonyl (C=O) groups is 1. The van der Waals surface area contributed by atoms with Crippen LogP contribution in [0.5, 0.6) is 0 Å². The second-order valence-corrected chi connectivity index (χ2v) is 5.35. The van der Waals surface area contributed by atoms with Crippen LogP contribution in [0.4, 0.5) is 0 Å². The van der Waals surface area contributed by atoms with Gasteiger partial charge in [0.25, 0.3) is 0 Å². The fraction of sp³-hybridized carbons (Fsp3) is 0.923. The van der Waals surface area contributed by atoms with Crippen LogP contribution in [0.1, 0.15) is 38.5 Å². The Morgan fingerprint density at radius 2 is 1.88 bits per heavy atom. The van der Waals surface area contributed by atoms with E-state index in [9.17, 15) is 4.79 Å². The molecule has 0 aromatic heterocycles. The van der Waals surface area contributed by atoms with Crippen LogP contribution in [0.3, 0.4) is 0 Å². The van der Waals surface area contributed by atoms with E-state index in [0.29, 0.717) is 12.6 Å². The van der Waals surface area contributed by atoms with Crippen LogP contribution in [0.25, 0.3) is 0 Å². The number of piperidine rings is 1. The first kappa shape index (κ1) is 12.8. The molecule has 1 aliphatic heterocycles. The van der Waals surface area contributed by atoms with Crippen LogP contribution in [0, 0.1) is 0 Å². The molecule has 2 aliphatic rings. The Hall–Kier alpha value is -0.610. The normalized spacial score (nSPS) is 24.1. The second kappa shape index (κ2) is 6.36. The molecule has 0 unspecified atom stereocenters. The summed E-state index contributed by atoms with van der Waals surface area (Å²) in [6, 6.07) is 0.542. The highest BCUT2D eigenvalue weighted by Crippen LogP contribution is 2.17. The van der Waals surface area contributed by atoms with Gasteiger partial charge in [0.05, 0.1) is 6.54 Å². The molecule has 2 fully saturated rings. The summed E-state index contributed by atoms with van der Waals surface area (Å²) < 4.78 is 5.47. The Kier molecular flexibility index (Phi) is 4.80. The molecule has 1 heterocycles. The Balaban J connectivity index is 1.60. The maximum absolute atomic E-state index is 11.7. The Labute approximate surface area is 104 Å². The van der Waals surface area contributed by atoms with Gasteiger partial charge in [-0.15, -0.1) is 0 Å². The van der Waals surface area contributed by atoms with Crippen molar-refractivity contribution >= 4 is 5.97 Å². The van der Waals surface area contributed by atoms with Gasteiger partial charge < -0.3 is 15.0 Å². The lowest BCUT2D eigenvalue weighted by Crippen LogP contribution is -2.38. The summed E-state index contributed by atoms with van der Waals surface area (Å²) in [5.74, 6) is -0.0774. The van der Waals surface area contributed by atoms with Crippen molar-refractivity contribution in [3.63, 3.8) is 0 Å². The van der Waals surface area contributed by atoms with Gasteiger partial charge in [0.2, 0.25) is 0 Å². The first-order valence-electron chi connectivity index (χ1n) is 6.85. The molecule has 1 saturated heterocycles. The molecular weight excluding hydrogens is 216 g/mol. The number of nitrogens with one attached hydrogen (secondary N) is 1. The number of esters is 1. The van der Waals surface area contributed by atoms with Gasteiger partial charge in [0.15, 0.2) is 0 Å². The summed E-state index contributed by atoms with van der Waals surface area (Å²) >= 11 is 0. The molecule has 98 valence electrons. The van der Waals surface area contributed by atoms with E-state index in [1.165, 1.54) is 25.7 Å². The Bertz CT molecular complexity index is 244. The highest BCUT2D eigenvalue weighted by Gasteiger charge is 2.21. The maximum Gasteiger partial charge on any atom is 0.320 e. The van der Waals surface area contributed by atoms with E-state index < -0.39 is 0 Å². The van der Waals surface area contributed by atoms with Crippen molar-refractivity contribution in [3.8, 4) is 0 Å². The molecule has 0 spiro atoms. The number of hydrogen-bond acceptors (Lipinski definition) is 4. The summed E-state index contributed by atoms with van der Waals surface area (Å²) in [6.07, 6.45) is 7.10. The number of carbonyl (C=O) groups excluding carboxylic acids is 1. The van der Waals surface area contributed by atoms with E-state index in [-0.39, 0.29) is 12.1 Å². The van der Waals surface area contributed by atoms with E-state index >= 15 is 0 Å². The molecule has 1 N–H and O–H groups in total. The number of likely N-dealkylation sites (tertiary alicyclic amines) is 1. The topological polar surface area (TPSA) is 41.6 Å². The molecule has 0 radical (unpaired) electrons. The zero-order valence-corrected chi connectivity index (χ0v) is 10.8. The molecule has 4 nitrogen and oxygen atoms in total. The van der Waals surface area contributed by atoms with Crippen molar-refractivity contribution in [1.29, 1.82) is 0 Å². The van der Waals surface area contributed by atoms with Gasteiger partial charge in [-0.05, 0) is 32.7 Å². The number of hydrogen-bond donors (Lipinski definition) is 1. The number of ether oxygens (including phenoxy) is 1. The molecule has 0 bridgehead atoms. The van der Waals surface area contributed by atoms with Crippen molar-refractivity contribution in [1.82, 2.24) is 10.2 Å². The van der Waals surface area contributed by atoms with Crippen LogP contribution in [-0.4, -0.2) is 49.7 Å². The van der Waals surface area contributed by atoms with Gasteiger partial charge in [-0.3, -0.25) is 4.79 Å². The predicted octanol–water partition coefficient (Wildman–Crippen LogP) is 1.16. The summed E-state index contributed by atoms with van der Waals surface area (Å²) in [4.78, 5) is 13.9. The van der Waals surface area contributed by atoms with Gasteiger partial charge in [-0.2, -0.15) is 0 Å². The average Bonchev–Trinajstić information content (AvgIpc) is 2.83. The molecular formula is C13H24N2O2. The van der Waals surface area contributed by atoms with E-state index in [4.69, 9.17) is 4.74 Å². The molecule has 2 rings (SSSR count). The summed E-state index contributed by atoms with van der Waals surface area (Å²) in [6.45, 7) is 2.46. The van der Waals surface area contributed by atoms with Gasteiger partial charge in [-0.1, -0.05) is 12.8 Å². The monoisotopic (exact) mass is 240 g/mol. The van der Waals surface area contributed by atoms with Gasteiger partial charge >= 0.3 is 5.97 Å². The minimum absolute atomic E-state index is 0.0774.